The minimum absolute atomic E-state index is 0.0212. The van der Waals surface area contributed by atoms with Crippen molar-refractivity contribution in [2.75, 3.05) is 13.2 Å². The van der Waals surface area contributed by atoms with Crippen LogP contribution in [0.3, 0.4) is 0 Å². The number of nitrogens with zero attached hydrogens (tertiary/aromatic N) is 1. The van der Waals surface area contributed by atoms with Crippen LogP contribution in [0.15, 0.2) is 23.3 Å². The third-order valence-corrected chi connectivity index (χ3v) is 2.72. The van der Waals surface area contributed by atoms with Gasteiger partial charge < -0.3 is 9.47 Å². The van der Waals surface area contributed by atoms with E-state index in [0.29, 0.717) is 13.0 Å². The van der Waals surface area contributed by atoms with Crippen molar-refractivity contribution in [1.29, 1.82) is 0 Å². The van der Waals surface area contributed by atoms with Gasteiger partial charge in [-0.05, 0) is 18.2 Å². The van der Waals surface area contributed by atoms with Crippen LogP contribution in [-0.4, -0.2) is 30.9 Å². The normalized spacial score (nSPS) is 15.6. The molecule has 0 spiro atoms. The van der Waals surface area contributed by atoms with Crippen molar-refractivity contribution in [2.24, 2.45) is 5.10 Å². The lowest BCUT2D eigenvalue weighted by atomic mass is 10.1. The van der Waals surface area contributed by atoms with Gasteiger partial charge in [0.15, 0.2) is 6.61 Å². The number of nitrogens with one attached hydrogen (secondary N) is 1. The maximum atomic E-state index is 13.1. The minimum atomic E-state index is -4.81. The Morgan fingerprint density at radius 2 is 2.00 bits per heavy atom. The zero-order valence-electron chi connectivity index (χ0n) is 11.7. The summed E-state index contributed by atoms with van der Waals surface area (Å²) in [6.45, 7) is -0.961. The molecule has 1 aromatic carbocycles. The highest BCUT2D eigenvalue weighted by Crippen LogP contribution is 2.37. The number of hydrazone groups is 1. The molecule has 23 heavy (non-hydrogen) atoms. The molecule has 2 rings (SSSR count). The minimum Gasteiger partial charge on any atom is -0.487 e. The van der Waals surface area contributed by atoms with Crippen LogP contribution in [0.4, 0.5) is 26.7 Å². The van der Waals surface area contributed by atoms with Crippen LogP contribution in [-0.2, 0) is 10.9 Å². The SMILES string of the molecule is CC(F)(F)COc1ccc(C2=NNC(=O)OC2)cc1C(F)(F)F. The van der Waals surface area contributed by atoms with Crippen LogP contribution in [0.1, 0.15) is 18.1 Å². The predicted molar refractivity (Wildman–Crippen MR) is 68.6 cm³/mol. The average Bonchev–Trinajstić information content (AvgIpc) is 2.44. The van der Waals surface area contributed by atoms with E-state index in [-0.39, 0.29) is 17.9 Å². The number of carbonyl (C=O) groups is 1. The van der Waals surface area contributed by atoms with Gasteiger partial charge in [-0.1, -0.05) is 0 Å². The fraction of sp³-hybridized carbons (Fsp3) is 0.385. The Kier molecular flexibility index (Phi) is 4.44. The fourth-order valence-electron chi connectivity index (χ4n) is 1.72. The highest BCUT2D eigenvalue weighted by Gasteiger charge is 2.36. The molecule has 1 amide bonds. The standard InChI is InChI=1S/C13H11F5N2O3/c1-12(14,15)6-23-10-3-2-7(4-8(10)13(16,17)18)9-5-22-11(21)20-19-9/h2-4H,5-6H2,1H3,(H,20,21). The zero-order chi connectivity index (χ0) is 17.3. The van der Waals surface area contributed by atoms with Crippen molar-refractivity contribution in [2.45, 2.75) is 19.0 Å². The summed E-state index contributed by atoms with van der Waals surface area (Å²) in [5.41, 5.74) is 0.819. The van der Waals surface area contributed by atoms with E-state index in [2.05, 4.69) is 14.6 Å². The van der Waals surface area contributed by atoms with Crippen LogP contribution in [0.5, 0.6) is 5.75 Å². The summed E-state index contributed by atoms with van der Waals surface area (Å²) >= 11 is 0. The smallest absolute Gasteiger partial charge is 0.428 e. The van der Waals surface area contributed by atoms with Gasteiger partial charge in [0.25, 0.3) is 5.92 Å². The van der Waals surface area contributed by atoms with E-state index in [1.807, 2.05) is 5.43 Å². The first-order chi connectivity index (χ1) is 10.6. The van der Waals surface area contributed by atoms with E-state index in [4.69, 9.17) is 0 Å². The number of cyclic esters (lactones) is 1. The van der Waals surface area contributed by atoms with E-state index in [1.54, 1.807) is 0 Å². The Balaban J connectivity index is 2.33. The number of carbonyl (C=O) groups excluding carboxylic acids is 1. The summed E-state index contributed by atoms with van der Waals surface area (Å²) in [5.74, 6) is -3.99. The van der Waals surface area contributed by atoms with Crippen molar-refractivity contribution in [3.8, 4) is 5.75 Å². The molecule has 1 heterocycles. The summed E-state index contributed by atoms with van der Waals surface area (Å²) in [6.07, 6.45) is -5.64. The highest BCUT2D eigenvalue weighted by molar-refractivity contribution is 6.03. The van der Waals surface area contributed by atoms with Gasteiger partial charge in [0.05, 0.1) is 5.56 Å². The number of hydrogen-bond acceptors (Lipinski definition) is 4. The molecule has 1 aliphatic rings. The second-order valence-electron chi connectivity index (χ2n) is 4.81. The van der Waals surface area contributed by atoms with Crippen molar-refractivity contribution in [3.05, 3.63) is 29.3 Å². The second kappa shape index (κ2) is 6.01. The summed E-state index contributed by atoms with van der Waals surface area (Å²) < 4.78 is 73.9. The number of amides is 1. The van der Waals surface area contributed by atoms with Crippen molar-refractivity contribution in [3.63, 3.8) is 0 Å². The molecule has 0 saturated carbocycles. The maximum absolute atomic E-state index is 13.1. The first-order valence-electron chi connectivity index (χ1n) is 6.28. The number of alkyl halides is 5. The molecule has 5 nitrogen and oxygen atoms in total. The molecule has 0 saturated heterocycles. The molecule has 1 aliphatic heterocycles. The molecule has 126 valence electrons. The molecule has 10 heteroatoms. The predicted octanol–water partition coefficient (Wildman–Crippen LogP) is 3.18. The van der Waals surface area contributed by atoms with Gasteiger partial charge >= 0.3 is 12.3 Å². The molecule has 0 atom stereocenters. The quantitative estimate of drug-likeness (QED) is 0.858. The molecular weight excluding hydrogens is 327 g/mol. The molecule has 1 N–H and O–H groups in total. The van der Waals surface area contributed by atoms with Gasteiger partial charge in [-0.25, -0.2) is 19.0 Å². The third kappa shape index (κ3) is 4.54. The van der Waals surface area contributed by atoms with Gasteiger partial charge in [-0.2, -0.15) is 18.3 Å². The molecule has 1 aromatic rings. The molecule has 0 aromatic heterocycles. The molecule has 0 fully saturated rings. The van der Waals surface area contributed by atoms with Crippen LogP contribution < -0.4 is 10.2 Å². The largest absolute Gasteiger partial charge is 0.487 e. The fourth-order valence-corrected chi connectivity index (χ4v) is 1.72. The lowest BCUT2D eigenvalue weighted by molar-refractivity contribution is -0.139. The van der Waals surface area contributed by atoms with Gasteiger partial charge in [-0.3, -0.25) is 0 Å². The van der Waals surface area contributed by atoms with Gasteiger partial charge in [-0.15, -0.1) is 0 Å². The number of benzene rings is 1. The van der Waals surface area contributed by atoms with Gasteiger partial charge in [0.2, 0.25) is 0 Å². The number of hydrogen-bond donors (Lipinski definition) is 1. The lowest BCUT2D eigenvalue weighted by Gasteiger charge is -2.19. The Hall–Kier alpha value is -2.39. The molecule has 0 unspecified atom stereocenters. The summed E-state index contributed by atoms with van der Waals surface area (Å²) in [5, 5.41) is 3.58. The highest BCUT2D eigenvalue weighted by atomic mass is 19.4. The van der Waals surface area contributed by atoms with Crippen LogP contribution >= 0.6 is 0 Å². The van der Waals surface area contributed by atoms with Gasteiger partial charge in [0.1, 0.15) is 18.1 Å². The molecular formula is C13H11F5N2O3. The Bertz CT molecular complexity index is 637. The van der Waals surface area contributed by atoms with Gasteiger partial charge in [0, 0.05) is 12.5 Å². The van der Waals surface area contributed by atoms with Crippen LogP contribution in [0.25, 0.3) is 0 Å². The Labute approximate surface area is 127 Å². The zero-order valence-corrected chi connectivity index (χ0v) is 11.7. The molecule has 0 radical (unpaired) electrons. The van der Waals surface area contributed by atoms with Crippen molar-refractivity contribution in [1.82, 2.24) is 5.43 Å². The van der Waals surface area contributed by atoms with Crippen LogP contribution in [0, 0.1) is 0 Å². The first kappa shape index (κ1) is 17.0. The van der Waals surface area contributed by atoms with E-state index in [1.165, 1.54) is 6.07 Å². The average molecular weight is 338 g/mol. The summed E-state index contributed by atoms with van der Waals surface area (Å²) in [6, 6.07) is 2.82. The van der Waals surface area contributed by atoms with Crippen molar-refractivity contribution >= 4 is 11.8 Å². The van der Waals surface area contributed by atoms with Crippen LogP contribution in [0.2, 0.25) is 0 Å². The van der Waals surface area contributed by atoms with E-state index < -0.39 is 36.1 Å². The molecule has 0 bridgehead atoms. The summed E-state index contributed by atoms with van der Waals surface area (Å²) in [7, 11) is 0. The van der Waals surface area contributed by atoms with E-state index in [9.17, 15) is 26.7 Å². The summed E-state index contributed by atoms with van der Waals surface area (Å²) in [4.78, 5) is 10.8. The Morgan fingerprint density at radius 3 is 2.52 bits per heavy atom. The lowest BCUT2D eigenvalue weighted by Crippen LogP contribution is -2.31. The first-order valence-corrected chi connectivity index (χ1v) is 6.28. The third-order valence-electron chi connectivity index (χ3n) is 2.72. The second-order valence-corrected chi connectivity index (χ2v) is 4.81. The monoisotopic (exact) mass is 338 g/mol. The number of ether oxygens (including phenoxy) is 2. The number of halogens is 5. The van der Waals surface area contributed by atoms with E-state index in [0.717, 1.165) is 6.07 Å². The van der Waals surface area contributed by atoms with E-state index >= 15 is 0 Å². The topological polar surface area (TPSA) is 59.9 Å². The maximum Gasteiger partial charge on any atom is 0.428 e. The number of rotatable bonds is 4. The Morgan fingerprint density at radius 1 is 1.30 bits per heavy atom. The van der Waals surface area contributed by atoms with Crippen molar-refractivity contribution < 1.29 is 36.2 Å². The molecule has 0 aliphatic carbocycles.